The molecule has 180 valence electrons. The highest BCUT2D eigenvalue weighted by atomic mass is 32.2. The molecule has 0 aromatic heterocycles. The number of hydrogen-bond donors (Lipinski definition) is 0. The average molecular weight is 516 g/mol. The third-order valence-corrected chi connectivity index (χ3v) is 7.85. The lowest BCUT2D eigenvalue weighted by Gasteiger charge is -2.13. The van der Waals surface area contributed by atoms with Gasteiger partial charge in [-0.2, -0.15) is 8.42 Å². The Bertz CT molecular complexity index is 1640. The Labute approximate surface area is 213 Å². The van der Waals surface area contributed by atoms with Crippen molar-refractivity contribution in [1.82, 2.24) is 4.90 Å². The number of carbonyl (C=O) groups excluding carboxylic acids is 2. The second-order valence-electron chi connectivity index (χ2n) is 8.34. The van der Waals surface area contributed by atoms with Crippen molar-refractivity contribution in [3.05, 3.63) is 113 Å². The molecular formula is C28H21NO5S2. The van der Waals surface area contributed by atoms with Crippen molar-refractivity contribution >= 4 is 49.9 Å². The minimum absolute atomic E-state index is 0.0227. The van der Waals surface area contributed by atoms with Crippen LogP contribution in [0.25, 0.3) is 16.8 Å². The molecule has 0 aliphatic carbocycles. The van der Waals surface area contributed by atoms with Crippen LogP contribution in [0, 0.1) is 6.92 Å². The van der Waals surface area contributed by atoms with E-state index in [-0.39, 0.29) is 27.3 Å². The Kier molecular flexibility index (Phi) is 6.38. The van der Waals surface area contributed by atoms with Gasteiger partial charge >= 0.3 is 10.1 Å². The number of fused-ring (bicyclic) bond motifs is 1. The minimum Gasteiger partial charge on any atom is -0.378 e. The van der Waals surface area contributed by atoms with E-state index >= 15 is 0 Å². The third-order valence-electron chi connectivity index (χ3n) is 5.71. The van der Waals surface area contributed by atoms with E-state index < -0.39 is 16.0 Å². The maximum absolute atomic E-state index is 13.1. The molecule has 6 nitrogen and oxygen atoms in total. The van der Waals surface area contributed by atoms with Crippen molar-refractivity contribution in [1.29, 1.82) is 0 Å². The van der Waals surface area contributed by atoms with Gasteiger partial charge in [0.05, 0.1) is 11.4 Å². The van der Waals surface area contributed by atoms with Gasteiger partial charge in [-0.15, -0.1) is 0 Å². The first kappa shape index (κ1) is 23.8. The number of para-hydroxylation sites is 1. The van der Waals surface area contributed by atoms with Crippen molar-refractivity contribution in [2.24, 2.45) is 0 Å². The lowest BCUT2D eigenvalue weighted by molar-refractivity contribution is -0.123. The first-order valence-electron chi connectivity index (χ1n) is 11.1. The maximum atomic E-state index is 13.1. The molecule has 1 aliphatic heterocycles. The van der Waals surface area contributed by atoms with Crippen LogP contribution < -0.4 is 4.18 Å². The van der Waals surface area contributed by atoms with Gasteiger partial charge in [0.1, 0.15) is 10.6 Å². The van der Waals surface area contributed by atoms with Crippen LogP contribution in [-0.2, 0) is 21.5 Å². The number of nitrogens with zero attached hydrogens (tertiary/aromatic N) is 1. The Morgan fingerprint density at radius 3 is 2.42 bits per heavy atom. The van der Waals surface area contributed by atoms with Crippen LogP contribution in [0.4, 0.5) is 4.79 Å². The maximum Gasteiger partial charge on any atom is 0.339 e. The van der Waals surface area contributed by atoms with Gasteiger partial charge in [0.2, 0.25) is 0 Å². The third kappa shape index (κ3) is 4.91. The standard InChI is InChI=1S/C28H21NO5S2/c1-19-7-6-8-20(15-19)18-29-27(30)26(35-28(29)31)17-23-11-4-5-12-25(23)34-36(32,33)24-14-13-21-9-2-3-10-22(21)16-24/h2-17H,18H2,1H3/b26-17-. The van der Waals surface area contributed by atoms with Gasteiger partial charge in [-0.25, -0.2) is 0 Å². The molecule has 0 spiro atoms. The van der Waals surface area contributed by atoms with Crippen molar-refractivity contribution in [3.63, 3.8) is 0 Å². The molecule has 1 aliphatic rings. The van der Waals surface area contributed by atoms with Crippen molar-refractivity contribution < 1.29 is 22.2 Å². The summed E-state index contributed by atoms with van der Waals surface area (Å²) in [6, 6.07) is 26.3. The molecule has 0 unspecified atom stereocenters. The molecule has 0 radical (unpaired) electrons. The molecule has 2 amide bonds. The van der Waals surface area contributed by atoms with E-state index in [0.29, 0.717) is 5.56 Å². The van der Waals surface area contributed by atoms with Crippen LogP contribution in [0.15, 0.2) is 101 Å². The van der Waals surface area contributed by atoms with Crippen molar-refractivity contribution in [3.8, 4) is 5.75 Å². The zero-order valence-electron chi connectivity index (χ0n) is 19.2. The summed E-state index contributed by atoms with van der Waals surface area (Å²) in [4.78, 5) is 27.0. The molecule has 4 aromatic rings. The van der Waals surface area contributed by atoms with Crippen molar-refractivity contribution in [2.45, 2.75) is 18.4 Å². The SMILES string of the molecule is Cc1cccc(CN2C(=O)S/C(=C\c3ccccc3OS(=O)(=O)c3ccc4ccccc4c3)C2=O)c1. The van der Waals surface area contributed by atoms with Crippen LogP contribution >= 0.6 is 11.8 Å². The first-order valence-corrected chi connectivity index (χ1v) is 13.4. The van der Waals surface area contributed by atoms with Gasteiger partial charge in [0.15, 0.2) is 0 Å². The summed E-state index contributed by atoms with van der Waals surface area (Å²) in [5, 5.41) is 1.31. The van der Waals surface area contributed by atoms with E-state index in [1.54, 1.807) is 30.3 Å². The molecule has 5 rings (SSSR count). The molecule has 0 bridgehead atoms. The number of imide groups is 1. The van der Waals surface area contributed by atoms with E-state index in [4.69, 9.17) is 4.18 Å². The van der Waals surface area contributed by atoms with E-state index in [2.05, 4.69) is 0 Å². The molecule has 1 fully saturated rings. The molecule has 0 saturated carbocycles. The molecule has 1 heterocycles. The summed E-state index contributed by atoms with van der Waals surface area (Å²) in [6.45, 7) is 2.11. The van der Waals surface area contributed by atoms with Gasteiger partial charge in [0, 0.05) is 5.56 Å². The average Bonchev–Trinajstić information content (AvgIpc) is 3.12. The second kappa shape index (κ2) is 9.64. The van der Waals surface area contributed by atoms with Gasteiger partial charge in [0.25, 0.3) is 11.1 Å². The zero-order valence-corrected chi connectivity index (χ0v) is 20.9. The fraction of sp³-hybridized carbons (Fsp3) is 0.0714. The van der Waals surface area contributed by atoms with E-state index in [1.165, 1.54) is 23.1 Å². The summed E-state index contributed by atoms with van der Waals surface area (Å²) < 4.78 is 31.6. The number of rotatable bonds is 6. The van der Waals surface area contributed by atoms with Crippen LogP contribution in [0.1, 0.15) is 16.7 Å². The molecule has 36 heavy (non-hydrogen) atoms. The predicted molar refractivity (Wildman–Crippen MR) is 141 cm³/mol. The van der Waals surface area contributed by atoms with Crippen molar-refractivity contribution in [2.75, 3.05) is 0 Å². The van der Waals surface area contributed by atoms with E-state index in [1.807, 2.05) is 55.5 Å². The Morgan fingerprint density at radius 1 is 0.861 bits per heavy atom. The van der Waals surface area contributed by atoms with Gasteiger partial charge in [-0.05, 0) is 59.3 Å². The zero-order chi connectivity index (χ0) is 25.3. The van der Waals surface area contributed by atoms with Crippen LogP contribution in [0.3, 0.4) is 0 Å². The molecule has 8 heteroatoms. The monoisotopic (exact) mass is 515 g/mol. The van der Waals surface area contributed by atoms with Gasteiger partial charge in [-0.1, -0.05) is 78.4 Å². The van der Waals surface area contributed by atoms with Gasteiger partial charge < -0.3 is 4.18 Å². The number of hydrogen-bond acceptors (Lipinski definition) is 6. The summed E-state index contributed by atoms with van der Waals surface area (Å²) in [7, 11) is -4.14. The Hall–Kier alpha value is -3.88. The van der Waals surface area contributed by atoms with E-state index in [0.717, 1.165) is 33.7 Å². The topological polar surface area (TPSA) is 80.8 Å². The first-order chi connectivity index (χ1) is 17.3. The lowest BCUT2D eigenvalue weighted by atomic mass is 10.1. The fourth-order valence-corrected chi connectivity index (χ4v) is 5.76. The summed E-state index contributed by atoms with van der Waals surface area (Å²) in [5.41, 5.74) is 2.26. The number of aryl methyl sites for hydroxylation is 1. The van der Waals surface area contributed by atoms with E-state index in [9.17, 15) is 18.0 Å². The molecule has 1 saturated heterocycles. The summed E-state index contributed by atoms with van der Waals surface area (Å²) in [6.07, 6.45) is 1.49. The largest absolute Gasteiger partial charge is 0.378 e. The van der Waals surface area contributed by atoms with Gasteiger partial charge in [-0.3, -0.25) is 14.5 Å². The number of thioether (sulfide) groups is 1. The molecule has 0 N–H and O–H groups in total. The van der Waals surface area contributed by atoms with Crippen LogP contribution in [0.2, 0.25) is 0 Å². The Morgan fingerprint density at radius 2 is 1.61 bits per heavy atom. The highest BCUT2D eigenvalue weighted by molar-refractivity contribution is 8.18. The quantitative estimate of drug-likeness (QED) is 0.226. The predicted octanol–water partition coefficient (Wildman–Crippen LogP) is 6.15. The Balaban J connectivity index is 1.41. The highest BCUT2D eigenvalue weighted by Crippen LogP contribution is 2.35. The molecule has 0 atom stereocenters. The number of amides is 2. The normalized spacial score (nSPS) is 15.1. The molecular weight excluding hydrogens is 494 g/mol. The van der Waals surface area contributed by atoms with Crippen LogP contribution in [-0.4, -0.2) is 24.5 Å². The minimum atomic E-state index is -4.14. The smallest absolute Gasteiger partial charge is 0.339 e. The second-order valence-corrected chi connectivity index (χ2v) is 10.9. The summed E-state index contributed by atoms with van der Waals surface area (Å²) in [5.74, 6) is -0.366. The number of benzene rings is 4. The highest BCUT2D eigenvalue weighted by Gasteiger charge is 2.35. The van der Waals surface area contributed by atoms with Crippen LogP contribution in [0.5, 0.6) is 5.75 Å². The lowest BCUT2D eigenvalue weighted by Crippen LogP contribution is -2.27. The fourth-order valence-electron chi connectivity index (χ4n) is 3.94. The molecule has 4 aromatic carbocycles. The summed E-state index contributed by atoms with van der Waals surface area (Å²) >= 11 is 0.818. The number of carbonyl (C=O) groups is 2.